The first kappa shape index (κ1) is 21.9. The molecule has 0 aliphatic carbocycles. The highest BCUT2D eigenvalue weighted by Gasteiger charge is 2.37. The van der Waals surface area contributed by atoms with Crippen molar-refractivity contribution in [3.8, 4) is 0 Å². The van der Waals surface area contributed by atoms with Gasteiger partial charge in [0.15, 0.2) is 5.69 Å². The number of carbonyl (C=O) groups is 1. The number of halogens is 3. The Morgan fingerprint density at radius 1 is 1.23 bits per heavy atom. The number of benzene rings is 1. The number of aromatic amines is 1. The number of alkyl halides is 3. The van der Waals surface area contributed by atoms with Crippen molar-refractivity contribution in [3.05, 3.63) is 52.3 Å². The maximum atomic E-state index is 13.4. The monoisotopic (exact) mass is 454 g/mol. The van der Waals surface area contributed by atoms with Gasteiger partial charge in [-0.3, -0.25) is 14.1 Å². The Hall–Kier alpha value is -2.33. The van der Waals surface area contributed by atoms with Gasteiger partial charge in [0.25, 0.3) is 5.91 Å². The van der Waals surface area contributed by atoms with E-state index in [1.807, 2.05) is 0 Å². The summed E-state index contributed by atoms with van der Waals surface area (Å²) in [5.74, 6) is 3.26. The molecule has 1 atom stereocenters. The molecule has 4 rings (SSSR count). The van der Waals surface area contributed by atoms with E-state index in [9.17, 15) is 22.2 Å². The maximum absolute atomic E-state index is 13.4. The van der Waals surface area contributed by atoms with E-state index in [0.29, 0.717) is 56.7 Å². The molecule has 3 heterocycles. The van der Waals surface area contributed by atoms with Gasteiger partial charge >= 0.3 is 6.18 Å². The van der Waals surface area contributed by atoms with Gasteiger partial charge in [-0.25, -0.2) is 4.31 Å². The molecule has 1 aromatic heterocycles. The molecule has 1 amide bonds. The molecule has 1 aromatic carbocycles. The lowest BCUT2D eigenvalue weighted by Crippen LogP contribution is -2.39. The third kappa shape index (κ3) is 4.36. The Kier molecular flexibility index (Phi) is 5.63. The van der Waals surface area contributed by atoms with E-state index < -0.39 is 21.4 Å². The van der Waals surface area contributed by atoms with E-state index in [1.54, 1.807) is 21.5 Å². The molecular formula is C21H25F3N4O2S. The molecule has 1 fully saturated rings. The van der Waals surface area contributed by atoms with E-state index in [-0.39, 0.29) is 11.8 Å². The lowest BCUT2D eigenvalue weighted by atomic mass is 9.86. The zero-order chi connectivity index (χ0) is 22.4. The number of hydrogen-bond donors (Lipinski definition) is 1. The van der Waals surface area contributed by atoms with Gasteiger partial charge in [-0.15, -0.1) is 0 Å². The van der Waals surface area contributed by atoms with Crippen LogP contribution < -0.4 is 0 Å². The van der Waals surface area contributed by atoms with Crippen LogP contribution in [0.1, 0.15) is 51.6 Å². The number of hydrogen-bond acceptors (Lipinski definition) is 3. The molecule has 1 unspecified atom stereocenters. The highest BCUT2D eigenvalue weighted by atomic mass is 32.2. The van der Waals surface area contributed by atoms with Crippen molar-refractivity contribution >= 4 is 21.5 Å². The van der Waals surface area contributed by atoms with Gasteiger partial charge in [0.2, 0.25) is 0 Å². The number of carbonyl (C=O) groups excluding carboxylic acids is 1. The average molecular weight is 455 g/mol. The summed E-state index contributed by atoms with van der Waals surface area (Å²) in [5, 5.41) is 7.10. The normalized spacial score (nSPS) is 20.3. The summed E-state index contributed by atoms with van der Waals surface area (Å²) < 4.78 is 54.0. The lowest BCUT2D eigenvalue weighted by molar-refractivity contribution is -0.138. The van der Waals surface area contributed by atoms with Crippen LogP contribution in [0.5, 0.6) is 0 Å². The van der Waals surface area contributed by atoms with Crippen LogP contribution in [0.25, 0.3) is 0 Å². The van der Waals surface area contributed by atoms with Gasteiger partial charge in [-0.05, 0) is 42.7 Å². The minimum Gasteiger partial charge on any atom is -0.337 e. The molecule has 2 aliphatic heterocycles. The van der Waals surface area contributed by atoms with Gasteiger partial charge in [-0.2, -0.15) is 18.3 Å². The molecule has 1 saturated heterocycles. The summed E-state index contributed by atoms with van der Waals surface area (Å²) in [6, 6.07) is 5.68. The van der Waals surface area contributed by atoms with Crippen LogP contribution in [0.15, 0.2) is 24.3 Å². The van der Waals surface area contributed by atoms with Crippen LogP contribution in [0, 0.1) is 0 Å². The van der Waals surface area contributed by atoms with Gasteiger partial charge in [0, 0.05) is 41.2 Å². The molecule has 6 nitrogen and oxygen atoms in total. The van der Waals surface area contributed by atoms with Gasteiger partial charge in [-0.1, -0.05) is 18.2 Å². The van der Waals surface area contributed by atoms with Crippen molar-refractivity contribution in [2.75, 3.05) is 25.9 Å². The summed E-state index contributed by atoms with van der Waals surface area (Å²) in [6.45, 7) is 1.68. The van der Waals surface area contributed by atoms with E-state index in [4.69, 9.17) is 0 Å². The lowest BCUT2D eigenvalue weighted by Gasteiger charge is -2.33. The number of piperidine rings is 1. The number of rotatable bonds is 3. The van der Waals surface area contributed by atoms with Crippen molar-refractivity contribution in [1.29, 1.82) is 0 Å². The molecular weight excluding hydrogens is 429 g/mol. The maximum Gasteiger partial charge on any atom is 0.416 e. The topological polar surface area (TPSA) is 69.3 Å². The van der Waals surface area contributed by atoms with Crippen molar-refractivity contribution in [2.45, 2.75) is 37.9 Å². The fourth-order valence-corrected chi connectivity index (χ4v) is 5.33. The Morgan fingerprint density at radius 2 is 1.90 bits per heavy atom. The summed E-state index contributed by atoms with van der Waals surface area (Å²) in [7, 11) is -2.34. The zero-order valence-electron chi connectivity index (χ0n) is 17.2. The van der Waals surface area contributed by atoms with E-state index in [0.717, 1.165) is 17.3 Å². The Balaban J connectivity index is 1.46. The molecule has 2 aliphatic rings. The summed E-state index contributed by atoms with van der Waals surface area (Å²) >= 11 is 0. The SMILES string of the molecule is C=S(C)(=O)N1CCc2c(C(=O)N3CCC(c4ccccc4C(F)(F)F)CC3)n[nH]c2C1. The van der Waals surface area contributed by atoms with E-state index >= 15 is 0 Å². The first-order valence-corrected chi connectivity index (χ1v) is 12.2. The van der Waals surface area contributed by atoms with Crippen LogP contribution in [-0.4, -0.2) is 61.3 Å². The minimum absolute atomic E-state index is 0.208. The Morgan fingerprint density at radius 3 is 2.55 bits per heavy atom. The van der Waals surface area contributed by atoms with Crippen LogP contribution in [0.2, 0.25) is 0 Å². The highest BCUT2D eigenvalue weighted by Crippen LogP contribution is 2.38. The molecule has 168 valence electrons. The molecule has 10 heteroatoms. The van der Waals surface area contributed by atoms with Gasteiger partial charge < -0.3 is 4.90 Å². The number of amides is 1. The predicted molar refractivity (Wildman–Crippen MR) is 113 cm³/mol. The van der Waals surface area contributed by atoms with Crippen LogP contribution in [0.4, 0.5) is 13.2 Å². The highest BCUT2D eigenvalue weighted by molar-refractivity contribution is 7.97. The molecule has 0 radical (unpaired) electrons. The Bertz CT molecular complexity index is 1090. The number of nitrogens with one attached hydrogen (secondary N) is 1. The third-order valence-electron chi connectivity index (χ3n) is 6.14. The van der Waals surface area contributed by atoms with Crippen LogP contribution >= 0.6 is 0 Å². The smallest absolute Gasteiger partial charge is 0.337 e. The first-order chi connectivity index (χ1) is 14.6. The third-order valence-corrected chi connectivity index (χ3v) is 7.54. The molecule has 0 bridgehead atoms. The molecule has 2 aromatic rings. The Labute approximate surface area is 179 Å². The van der Waals surface area contributed by atoms with E-state index in [2.05, 4.69) is 16.1 Å². The first-order valence-electron chi connectivity index (χ1n) is 10.1. The predicted octanol–water partition coefficient (Wildman–Crippen LogP) is 3.07. The number of nitrogens with zero attached hydrogens (tertiary/aromatic N) is 3. The molecule has 1 N–H and O–H groups in total. The van der Waals surface area contributed by atoms with Gasteiger partial charge in [0.05, 0.1) is 17.8 Å². The van der Waals surface area contributed by atoms with Crippen LogP contribution in [0.3, 0.4) is 0 Å². The quantitative estimate of drug-likeness (QED) is 0.725. The summed E-state index contributed by atoms with van der Waals surface area (Å²) in [4.78, 5) is 14.7. The summed E-state index contributed by atoms with van der Waals surface area (Å²) in [6.07, 6.45) is -1.32. The van der Waals surface area contributed by atoms with Gasteiger partial charge in [0.1, 0.15) is 0 Å². The minimum atomic E-state index is -4.39. The number of aromatic nitrogens is 2. The summed E-state index contributed by atoms with van der Waals surface area (Å²) in [5.41, 5.74) is 1.66. The number of likely N-dealkylation sites (tertiary alicyclic amines) is 1. The second kappa shape index (κ2) is 7.98. The largest absolute Gasteiger partial charge is 0.416 e. The van der Waals surface area contributed by atoms with Crippen molar-refractivity contribution in [3.63, 3.8) is 0 Å². The fourth-order valence-electron chi connectivity index (χ4n) is 4.45. The number of H-pyrrole nitrogens is 1. The van der Waals surface area contributed by atoms with E-state index in [1.165, 1.54) is 12.1 Å². The van der Waals surface area contributed by atoms with Crippen molar-refractivity contribution in [2.24, 2.45) is 0 Å². The van der Waals surface area contributed by atoms with Crippen molar-refractivity contribution in [1.82, 2.24) is 19.4 Å². The average Bonchev–Trinajstić information content (AvgIpc) is 3.15. The second-order valence-electron chi connectivity index (χ2n) is 8.25. The molecule has 0 spiro atoms. The second-order valence-corrected chi connectivity index (χ2v) is 10.7. The van der Waals surface area contributed by atoms with Crippen molar-refractivity contribution < 1.29 is 22.2 Å². The number of fused-ring (bicyclic) bond motifs is 1. The molecule has 31 heavy (non-hydrogen) atoms. The van der Waals surface area contributed by atoms with Crippen LogP contribution in [-0.2, 0) is 28.8 Å². The molecule has 0 saturated carbocycles. The fraction of sp³-hybridized carbons (Fsp3) is 0.476. The zero-order valence-corrected chi connectivity index (χ0v) is 18.1. The standard InChI is InChI=1S/C21H25F3N4O2S/c1-31(2,30)28-12-9-16-18(13-28)25-26-19(16)20(29)27-10-7-14(8-11-27)15-5-3-4-6-17(15)21(22,23)24/h3-6,14H,1,7-13H2,2H3,(H,25,26).